The Kier molecular flexibility index (Phi) is 3.30. The molecule has 1 aromatic heterocycles. The minimum Gasteiger partial charge on any atom is -0.237 e. The zero-order valence-corrected chi connectivity index (χ0v) is 9.14. The second kappa shape index (κ2) is 5.09. The first-order valence-electron chi connectivity index (χ1n) is 5.27. The van der Waals surface area contributed by atoms with Crippen molar-refractivity contribution in [3.8, 4) is 23.2 Å². The van der Waals surface area contributed by atoms with Crippen LogP contribution in [0.1, 0.15) is 18.9 Å². The van der Waals surface area contributed by atoms with Crippen molar-refractivity contribution in [3.05, 3.63) is 48.3 Å². The number of hydrogen-bond donors (Lipinski definition) is 0. The molecule has 0 saturated heterocycles. The zero-order valence-electron chi connectivity index (χ0n) is 9.14. The van der Waals surface area contributed by atoms with Gasteiger partial charge in [0.25, 0.3) is 0 Å². The molecular formula is C14H12N2. The van der Waals surface area contributed by atoms with E-state index in [-0.39, 0.29) is 0 Å². The maximum Gasteiger partial charge on any atom is 0.160 e. The van der Waals surface area contributed by atoms with E-state index in [0.717, 1.165) is 23.4 Å². The summed E-state index contributed by atoms with van der Waals surface area (Å²) >= 11 is 0. The summed E-state index contributed by atoms with van der Waals surface area (Å²) in [4.78, 5) is 8.48. The molecule has 1 aromatic carbocycles. The van der Waals surface area contributed by atoms with Gasteiger partial charge in [-0.15, -0.1) is 0 Å². The molecule has 0 bridgehead atoms. The van der Waals surface area contributed by atoms with Crippen LogP contribution in [0.25, 0.3) is 11.4 Å². The van der Waals surface area contributed by atoms with Gasteiger partial charge in [0.15, 0.2) is 5.82 Å². The quantitative estimate of drug-likeness (QED) is 0.673. The first-order valence-corrected chi connectivity index (χ1v) is 5.27. The summed E-state index contributed by atoms with van der Waals surface area (Å²) in [5.41, 5.74) is 1.97. The lowest BCUT2D eigenvalue weighted by Crippen LogP contribution is -1.90. The van der Waals surface area contributed by atoms with Crippen molar-refractivity contribution in [2.45, 2.75) is 13.3 Å². The van der Waals surface area contributed by atoms with Gasteiger partial charge in [0.1, 0.15) is 0 Å². The fraction of sp³-hybridized carbons (Fsp3) is 0.143. The Morgan fingerprint density at radius 2 is 1.81 bits per heavy atom. The molecule has 0 radical (unpaired) electrons. The average Bonchev–Trinajstić information content (AvgIpc) is 2.38. The summed E-state index contributed by atoms with van der Waals surface area (Å²) in [5.74, 6) is 6.93. The molecule has 0 aliphatic rings. The molecule has 0 atom stereocenters. The lowest BCUT2D eigenvalue weighted by atomic mass is 10.1. The highest BCUT2D eigenvalue weighted by Gasteiger charge is 2.03. The Hall–Kier alpha value is -2.14. The van der Waals surface area contributed by atoms with E-state index in [9.17, 15) is 0 Å². The summed E-state index contributed by atoms with van der Waals surface area (Å²) in [7, 11) is 0. The predicted octanol–water partition coefficient (Wildman–Crippen LogP) is 2.91. The molecule has 2 rings (SSSR count). The van der Waals surface area contributed by atoms with Gasteiger partial charge in [0, 0.05) is 29.9 Å². The largest absolute Gasteiger partial charge is 0.237 e. The van der Waals surface area contributed by atoms with E-state index in [1.807, 2.05) is 37.3 Å². The van der Waals surface area contributed by atoms with E-state index in [1.165, 1.54) is 0 Å². The SMILES string of the molecule is CCC#Cc1ccccc1-c1ncccn1. The van der Waals surface area contributed by atoms with Crippen molar-refractivity contribution in [2.75, 3.05) is 0 Å². The summed E-state index contributed by atoms with van der Waals surface area (Å²) < 4.78 is 0. The van der Waals surface area contributed by atoms with Gasteiger partial charge in [0.2, 0.25) is 0 Å². The Bertz CT molecular complexity index is 521. The molecule has 0 unspecified atom stereocenters. The third kappa shape index (κ3) is 2.26. The van der Waals surface area contributed by atoms with E-state index in [0.29, 0.717) is 0 Å². The van der Waals surface area contributed by atoms with Gasteiger partial charge in [-0.2, -0.15) is 0 Å². The maximum atomic E-state index is 4.24. The van der Waals surface area contributed by atoms with Crippen LogP contribution in [0, 0.1) is 11.8 Å². The number of aromatic nitrogens is 2. The predicted molar refractivity (Wildman–Crippen MR) is 64.6 cm³/mol. The van der Waals surface area contributed by atoms with E-state index >= 15 is 0 Å². The molecule has 78 valence electrons. The normalized spacial score (nSPS) is 9.31. The van der Waals surface area contributed by atoms with Crippen LogP contribution in [0.5, 0.6) is 0 Å². The highest BCUT2D eigenvalue weighted by molar-refractivity contribution is 5.65. The fourth-order valence-corrected chi connectivity index (χ4v) is 1.41. The molecule has 2 aromatic rings. The number of nitrogens with zero attached hydrogens (tertiary/aromatic N) is 2. The van der Waals surface area contributed by atoms with E-state index in [4.69, 9.17) is 0 Å². The van der Waals surface area contributed by atoms with Crippen LogP contribution in [-0.2, 0) is 0 Å². The molecule has 0 aliphatic heterocycles. The second-order valence-electron chi connectivity index (χ2n) is 3.27. The first kappa shape index (κ1) is 10.4. The summed E-state index contributed by atoms with van der Waals surface area (Å²) in [6.07, 6.45) is 4.34. The van der Waals surface area contributed by atoms with Crippen molar-refractivity contribution in [1.29, 1.82) is 0 Å². The smallest absolute Gasteiger partial charge is 0.160 e. The van der Waals surface area contributed by atoms with Crippen LogP contribution in [0.3, 0.4) is 0 Å². The first-order chi connectivity index (χ1) is 7.92. The van der Waals surface area contributed by atoms with Crippen molar-refractivity contribution in [3.63, 3.8) is 0 Å². The summed E-state index contributed by atoms with van der Waals surface area (Å²) in [5, 5.41) is 0. The van der Waals surface area contributed by atoms with Crippen LogP contribution in [-0.4, -0.2) is 9.97 Å². The molecule has 0 fully saturated rings. The molecule has 0 N–H and O–H groups in total. The minimum absolute atomic E-state index is 0.725. The third-order valence-electron chi connectivity index (χ3n) is 2.13. The molecule has 2 heteroatoms. The highest BCUT2D eigenvalue weighted by atomic mass is 14.8. The molecule has 0 amide bonds. The second-order valence-corrected chi connectivity index (χ2v) is 3.27. The van der Waals surface area contributed by atoms with Crippen LogP contribution in [0.4, 0.5) is 0 Å². The molecule has 0 spiro atoms. The molecule has 0 saturated carbocycles. The van der Waals surface area contributed by atoms with Crippen molar-refractivity contribution in [2.24, 2.45) is 0 Å². The Morgan fingerprint density at radius 1 is 1.06 bits per heavy atom. The molecular weight excluding hydrogens is 196 g/mol. The summed E-state index contributed by atoms with van der Waals surface area (Å²) in [6, 6.07) is 9.75. The van der Waals surface area contributed by atoms with E-state index < -0.39 is 0 Å². The molecule has 1 heterocycles. The molecule has 16 heavy (non-hydrogen) atoms. The highest BCUT2D eigenvalue weighted by Crippen LogP contribution is 2.18. The van der Waals surface area contributed by atoms with Crippen molar-refractivity contribution in [1.82, 2.24) is 9.97 Å². The van der Waals surface area contributed by atoms with Gasteiger partial charge in [-0.25, -0.2) is 9.97 Å². The molecule has 0 aliphatic carbocycles. The van der Waals surface area contributed by atoms with Crippen molar-refractivity contribution >= 4 is 0 Å². The number of hydrogen-bond acceptors (Lipinski definition) is 2. The Balaban J connectivity index is 2.49. The van der Waals surface area contributed by atoms with Crippen LogP contribution in [0.2, 0.25) is 0 Å². The van der Waals surface area contributed by atoms with Crippen LogP contribution >= 0.6 is 0 Å². The summed E-state index contributed by atoms with van der Waals surface area (Å²) in [6.45, 7) is 2.04. The van der Waals surface area contributed by atoms with E-state index in [1.54, 1.807) is 12.4 Å². The fourth-order valence-electron chi connectivity index (χ4n) is 1.41. The maximum absolute atomic E-state index is 4.24. The van der Waals surface area contributed by atoms with Crippen LogP contribution < -0.4 is 0 Å². The molecule has 2 nitrogen and oxygen atoms in total. The van der Waals surface area contributed by atoms with Crippen LogP contribution in [0.15, 0.2) is 42.7 Å². The standard InChI is InChI=1S/C14H12N2/c1-2-3-7-12-8-4-5-9-13(12)14-15-10-6-11-16-14/h4-6,8-11H,2H2,1H3. The Morgan fingerprint density at radius 3 is 2.56 bits per heavy atom. The average molecular weight is 208 g/mol. The van der Waals surface area contributed by atoms with E-state index in [2.05, 4.69) is 21.8 Å². The van der Waals surface area contributed by atoms with Gasteiger partial charge in [-0.05, 0) is 18.2 Å². The number of rotatable bonds is 1. The number of benzene rings is 1. The van der Waals surface area contributed by atoms with Gasteiger partial charge in [0.05, 0.1) is 0 Å². The third-order valence-corrected chi connectivity index (χ3v) is 2.13. The van der Waals surface area contributed by atoms with Gasteiger partial charge in [-0.3, -0.25) is 0 Å². The topological polar surface area (TPSA) is 25.8 Å². The van der Waals surface area contributed by atoms with Crippen molar-refractivity contribution < 1.29 is 0 Å². The van der Waals surface area contributed by atoms with Gasteiger partial charge < -0.3 is 0 Å². The lowest BCUT2D eigenvalue weighted by Gasteiger charge is -2.01. The zero-order chi connectivity index (χ0) is 11.2. The van der Waals surface area contributed by atoms with Gasteiger partial charge in [-0.1, -0.05) is 30.9 Å². The monoisotopic (exact) mass is 208 g/mol. The van der Waals surface area contributed by atoms with Gasteiger partial charge >= 0.3 is 0 Å². The minimum atomic E-state index is 0.725. The Labute approximate surface area is 95.4 Å². The lowest BCUT2D eigenvalue weighted by molar-refractivity contribution is 1.17.